The van der Waals surface area contributed by atoms with E-state index in [4.69, 9.17) is 5.11 Å². The number of hydrogen-bond donors (Lipinski definition) is 1. The molecule has 6 nitrogen and oxygen atoms in total. The largest absolute Gasteiger partial charge is 0.477 e. The maximum Gasteiger partial charge on any atom is 0.354 e. The van der Waals surface area contributed by atoms with E-state index in [1.54, 1.807) is 10.9 Å². The molecule has 0 aliphatic heterocycles. The molecule has 0 aromatic carbocycles. The van der Waals surface area contributed by atoms with E-state index in [1.807, 2.05) is 13.1 Å². The van der Waals surface area contributed by atoms with Crippen LogP contribution in [0.1, 0.15) is 21.7 Å². The SMILES string of the molecule is Cn1ccc(Cc2cncnc2C(=O)O)n1. The van der Waals surface area contributed by atoms with Crippen molar-refractivity contribution >= 4 is 5.97 Å². The average Bonchev–Trinajstić information content (AvgIpc) is 2.64. The highest BCUT2D eigenvalue weighted by molar-refractivity contribution is 5.86. The Morgan fingerprint density at radius 1 is 1.56 bits per heavy atom. The van der Waals surface area contributed by atoms with Crippen LogP contribution in [0.3, 0.4) is 0 Å². The number of carbonyl (C=O) groups is 1. The van der Waals surface area contributed by atoms with Crippen LogP contribution in [0.2, 0.25) is 0 Å². The first-order valence-electron chi connectivity index (χ1n) is 4.67. The van der Waals surface area contributed by atoms with Crippen molar-refractivity contribution in [3.8, 4) is 0 Å². The number of carboxylic acid groups (broad SMARTS) is 1. The fourth-order valence-electron chi connectivity index (χ4n) is 1.43. The topological polar surface area (TPSA) is 80.9 Å². The Hall–Kier alpha value is -2.24. The number of hydrogen-bond acceptors (Lipinski definition) is 4. The van der Waals surface area contributed by atoms with Gasteiger partial charge in [-0.05, 0) is 6.07 Å². The van der Waals surface area contributed by atoms with Crippen molar-refractivity contribution < 1.29 is 9.90 Å². The van der Waals surface area contributed by atoms with Crippen molar-refractivity contribution in [3.05, 3.63) is 41.7 Å². The van der Waals surface area contributed by atoms with Crippen LogP contribution in [0.5, 0.6) is 0 Å². The first-order valence-corrected chi connectivity index (χ1v) is 4.67. The van der Waals surface area contributed by atoms with Gasteiger partial charge >= 0.3 is 5.97 Å². The van der Waals surface area contributed by atoms with Crippen LogP contribution < -0.4 is 0 Å². The fraction of sp³-hybridized carbons (Fsp3) is 0.200. The molecule has 0 unspecified atom stereocenters. The van der Waals surface area contributed by atoms with Crippen LogP contribution >= 0.6 is 0 Å². The molecule has 0 atom stereocenters. The third-order valence-corrected chi connectivity index (χ3v) is 2.13. The van der Waals surface area contributed by atoms with E-state index in [1.165, 1.54) is 12.5 Å². The van der Waals surface area contributed by atoms with Crippen molar-refractivity contribution in [1.82, 2.24) is 19.7 Å². The van der Waals surface area contributed by atoms with Gasteiger partial charge in [-0.2, -0.15) is 5.10 Å². The third kappa shape index (κ3) is 2.05. The Labute approximate surface area is 91.6 Å². The lowest BCUT2D eigenvalue weighted by molar-refractivity contribution is 0.0689. The minimum atomic E-state index is -1.05. The Morgan fingerprint density at radius 2 is 2.38 bits per heavy atom. The summed E-state index contributed by atoms with van der Waals surface area (Å²) in [5, 5.41) is 13.1. The van der Waals surface area contributed by atoms with Crippen LogP contribution in [-0.4, -0.2) is 30.8 Å². The van der Waals surface area contributed by atoms with Gasteiger partial charge in [0.05, 0.1) is 5.69 Å². The van der Waals surface area contributed by atoms with Gasteiger partial charge in [-0.15, -0.1) is 0 Å². The lowest BCUT2D eigenvalue weighted by Crippen LogP contribution is -2.07. The Bertz CT molecular complexity index is 521. The zero-order valence-electron chi connectivity index (χ0n) is 8.66. The molecule has 0 saturated heterocycles. The fourth-order valence-corrected chi connectivity index (χ4v) is 1.43. The van der Waals surface area contributed by atoms with E-state index >= 15 is 0 Å². The highest BCUT2D eigenvalue weighted by atomic mass is 16.4. The number of nitrogens with zero attached hydrogens (tertiary/aromatic N) is 4. The van der Waals surface area contributed by atoms with E-state index in [0.29, 0.717) is 12.0 Å². The van der Waals surface area contributed by atoms with E-state index < -0.39 is 5.97 Å². The molecule has 0 radical (unpaired) electrons. The van der Waals surface area contributed by atoms with Gasteiger partial charge in [0.2, 0.25) is 0 Å². The molecule has 2 heterocycles. The first-order chi connectivity index (χ1) is 7.66. The molecule has 0 aliphatic rings. The molecule has 0 aliphatic carbocycles. The van der Waals surface area contributed by atoms with E-state index in [9.17, 15) is 4.79 Å². The smallest absolute Gasteiger partial charge is 0.354 e. The molecule has 0 bridgehead atoms. The lowest BCUT2D eigenvalue weighted by atomic mass is 10.1. The second-order valence-corrected chi connectivity index (χ2v) is 3.36. The summed E-state index contributed by atoms with van der Waals surface area (Å²) in [6.07, 6.45) is 4.96. The average molecular weight is 218 g/mol. The Morgan fingerprint density at radius 3 is 3.00 bits per heavy atom. The lowest BCUT2D eigenvalue weighted by Gasteiger charge is -2.01. The highest BCUT2D eigenvalue weighted by Crippen LogP contribution is 2.09. The summed E-state index contributed by atoms with van der Waals surface area (Å²) in [5.74, 6) is -1.05. The molecule has 2 aromatic rings. The first kappa shape index (κ1) is 10.3. The zero-order chi connectivity index (χ0) is 11.5. The summed E-state index contributed by atoms with van der Waals surface area (Å²) in [6, 6.07) is 1.83. The Kier molecular flexibility index (Phi) is 2.63. The number of aromatic carboxylic acids is 1. The summed E-state index contributed by atoms with van der Waals surface area (Å²) in [4.78, 5) is 18.5. The van der Waals surface area contributed by atoms with E-state index in [-0.39, 0.29) is 5.69 Å². The highest BCUT2D eigenvalue weighted by Gasteiger charge is 2.12. The molecular weight excluding hydrogens is 208 g/mol. The van der Waals surface area contributed by atoms with Gasteiger partial charge in [0.1, 0.15) is 6.33 Å². The number of carboxylic acids is 1. The summed E-state index contributed by atoms with van der Waals surface area (Å²) < 4.78 is 1.67. The molecule has 16 heavy (non-hydrogen) atoms. The number of aromatic nitrogens is 4. The molecule has 0 amide bonds. The van der Waals surface area contributed by atoms with Gasteiger partial charge in [-0.25, -0.2) is 14.8 Å². The minimum absolute atomic E-state index is 0.0284. The van der Waals surface area contributed by atoms with Gasteiger partial charge in [0.15, 0.2) is 5.69 Å². The third-order valence-electron chi connectivity index (χ3n) is 2.13. The van der Waals surface area contributed by atoms with Crippen LogP contribution in [0.15, 0.2) is 24.8 Å². The quantitative estimate of drug-likeness (QED) is 0.811. The molecule has 1 N–H and O–H groups in total. The molecular formula is C10H10N4O2. The van der Waals surface area contributed by atoms with Crippen molar-refractivity contribution in [1.29, 1.82) is 0 Å². The van der Waals surface area contributed by atoms with Gasteiger partial charge < -0.3 is 5.11 Å². The molecule has 82 valence electrons. The molecule has 0 saturated carbocycles. The standard InChI is InChI=1S/C10H10N4O2/c1-14-3-2-8(13-14)4-7-5-11-6-12-9(7)10(15)16/h2-3,5-6H,4H2,1H3,(H,15,16). The van der Waals surface area contributed by atoms with Crippen LogP contribution in [-0.2, 0) is 13.5 Å². The van der Waals surface area contributed by atoms with Gasteiger partial charge in [0.25, 0.3) is 0 Å². The summed E-state index contributed by atoms with van der Waals surface area (Å²) in [5.41, 5.74) is 1.38. The molecule has 2 rings (SSSR count). The Balaban J connectivity index is 2.31. The summed E-state index contributed by atoms with van der Waals surface area (Å²) in [6.45, 7) is 0. The predicted octanol–water partition coefficient (Wildman–Crippen LogP) is 0.499. The monoisotopic (exact) mass is 218 g/mol. The van der Waals surface area contributed by atoms with E-state index in [2.05, 4.69) is 15.1 Å². The molecule has 0 spiro atoms. The zero-order valence-corrected chi connectivity index (χ0v) is 8.66. The number of aryl methyl sites for hydroxylation is 1. The van der Waals surface area contributed by atoms with E-state index in [0.717, 1.165) is 5.69 Å². The maximum absolute atomic E-state index is 10.9. The second-order valence-electron chi connectivity index (χ2n) is 3.36. The minimum Gasteiger partial charge on any atom is -0.477 e. The normalized spacial score (nSPS) is 10.3. The van der Waals surface area contributed by atoms with Crippen LogP contribution in [0.25, 0.3) is 0 Å². The van der Waals surface area contributed by atoms with Crippen LogP contribution in [0.4, 0.5) is 0 Å². The number of rotatable bonds is 3. The van der Waals surface area contributed by atoms with Gasteiger partial charge in [-0.3, -0.25) is 4.68 Å². The van der Waals surface area contributed by atoms with Crippen LogP contribution in [0, 0.1) is 0 Å². The van der Waals surface area contributed by atoms with Crippen molar-refractivity contribution in [2.24, 2.45) is 7.05 Å². The predicted molar refractivity (Wildman–Crippen MR) is 55.0 cm³/mol. The summed E-state index contributed by atoms with van der Waals surface area (Å²) >= 11 is 0. The van der Waals surface area contributed by atoms with Gasteiger partial charge in [-0.1, -0.05) is 0 Å². The van der Waals surface area contributed by atoms with Crippen molar-refractivity contribution in [3.63, 3.8) is 0 Å². The maximum atomic E-state index is 10.9. The molecule has 0 fully saturated rings. The second kappa shape index (κ2) is 4.09. The summed E-state index contributed by atoms with van der Waals surface area (Å²) in [7, 11) is 1.81. The van der Waals surface area contributed by atoms with Gasteiger partial charge in [0, 0.05) is 31.4 Å². The van der Waals surface area contributed by atoms with Crippen molar-refractivity contribution in [2.75, 3.05) is 0 Å². The molecule has 2 aromatic heterocycles. The van der Waals surface area contributed by atoms with Crippen molar-refractivity contribution in [2.45, 2.75) is 6.42 Å². The molecule has 6 heteroatoms.